The number of amides is 1. The third-order valence-corrected chi connectivity index (χ3v) is 5.02. The largest absolute Gasteiger partial charge is 0.459 e. The lowest BCUT2D eigenvalue weighted by molar-refractivity contribution is -0.242. The molecule has 0 unspecified atom stereocenters. The first-order valence-electron chi connectivity index (χ1n) is 11.4. The number of esters is 1. The van der Waals surface area contributed by atoms with E-state index in [2.05, 4.69) is 15.3 Å². The minimum atomic E-state index is -1.10. The molecule has 2 rings (SSSR count). The van der Waals surface area contributed by atoms with Crippen LogP contribution in [0.25, 0.3) is 10.4 Å². The van der Waals surface area contributed by atoms with Crippen molar-refractivity contribution in [2.24, 2.45) is 10.5 Å². The number of alkyl carbamates (subject to hydrolysis) is 1. The second kappa shape index (κ2) is 12.2. The molecule has 1 aromatic rings. The van der Waals surface area contributed by atoms with Crippen LogP contribution >= 0.6 is 0 Å². The predicted octanol–water partition coefficient (Wildman–Crippen LogP) is 4.10. The summed E-state index contributed by atoms with van der Waals surface area (Å²) in [5.74, 6) is -0.544. The zero-order valence-electron chi connectivity index (χ0n) is 21.4. The summed E-state index contributed by atoms with van der Waals surface area (Å²) in [5, 5.41) is 6.52. The van der Waals surface area contributed by atoms with E-state index in [1.807, 2.05) is 30.3 Å². The molecule has 0 bridgehead atoms. The second-order valence-corrected chi connectivity index (χ2v) is 10.3. The molecule has 1 N–H and O–H groups in total. The van der Waals surface area contributed by atoms with E-state index >= 15 is 0 Å². The molecular weight excluding hydrogens is 456 g/mol. The van der Waals surface area contributed by atoms with Crippen molar-refractivity contribution in [3.63, 3.8) is 0 Å². The fourth-order valence-electron chi connectivity index (χ4n) is 3.36. The molecule has 194 valence electrons. The maximum atomic E-state index is 12.8. The van der Waals surface area contributed by atoms with E-state index in [4.69, 9.17) is 23.7 Å². The van der Waals surface area contributed by atoms with Crippen LogP contribution in [0.2, 0.25) is 0 Å². The molecule has 35 heavy (non-hydrogen) atoms. The van der Waals surface area contributed by atoms with E-state index in [1.54, 1.807) is 41.5 Å². The van der Waals surface area contributed by atoms with Gasteiger partial charge in [0.25, 0.3) is 0 Å². The Morgan fingerprint density at radius 3 is 2.34 bits per heavy atom. The van der Waals surface area contributed by atoms with Crippen molar-refractivity contribution in [2.45, 2.75) is 84.3 Å². The Kier molecular flexibility index (Phi) is 9.91. The van der Waals surface area contributed by atoms with E-state index in [0.29, 0.717) is 6.61 Å². The van der Waals surface area contributed by atoms with Gasteiger partial charge in [0.2, 0.25) is 0 Å². The first kappa shape index (κ1) is 28.4. The van der Waals surface area contributed by atoms with Crippen LogP contribution in [-0.4, -0.2) is 62.0 Å². The molecular formula is C24H36N4O7. The van der Waals surface area contributed by atoms with Gasteiger partial charge in [-0.3, -0.25) is 4.79 Å². The minimum Gasteiger partial charge on any atom is -0.459 e. The molecule has 1 saturated heterocycles. The van der Waals surface area contributed by atoms with Crippen molar-refractivity contribution in [1.82, 2.24) is 5.32 Å². The first-order valence-corrected chi connectivity index (χ1v) is 11.4. The molecule has 0 spiro atoms. The van der Waals surface area contributed by atoms with Gasteiger partial charge in [0.1, 0.15) is 23.8 Å². The first-order chi connectivity index (χ1) is 16.4. The molecule has 0 radical (unpaired) electrons. The average Bonchev–Trinajstić information content (AvgIpc) is 2.75. The normalized spacial score (nSPS) is 24.7. The highest BCUT2D eigenvalue weighted by molar-refractivity contribution is 5.76. The summed E-state index contributed by atoms with van der Waals surface area (Å²) in [6.07, 6.45) is -3.71. The summed E-state index contributed by atoms with van der Waals surface area (Å²) < 4.78 is 28.5. The number of nitrogens with zero attached hydrogens (tertiary/aromatic N) is 3. The number of azide groups is 1. The van der Waals surface area contributed by atoms with E-state index in [-0.39, 0.29) is 6.61 Å². The fraction of sp³-hybridized carbons (Fsp3) is 0.667. The van der Waals surface area contributed by atoms with Crippen molar-refractivity contribution in [3.8, 4) is 0 Å². The summed E-state index contributed by atoms with van der Waals surface area (Å²) in [4.78, 5) is 28.3. The predicted molar refractivity (Wildman–Crippen MR) is 127 cm³/mol. The highest BCUT2D eigenvalue weighted by Gasteiger charge is 2.50. The Bertz CT molecular complexity index is 891. The Hall–Kier alpha value is -2.85. The van der Waals surface area contributed by atoms with Gasteiger partial charge in [0, 0.05) is 12.0 Å². The van der Waals surface area contributed by atoms with Crippen LogP contribution in [0.3, 0.4) is 0 Å². The standard InChI is InChI=1S/C24H36N4O7/c1-23(2,3)21(29)34-19-17(27-28-25)16(14-32-13-15-11-9-8-10-12-15)33-20(31-7)18(19)26-22(30)35-24(4,5)6/h8-12,16-20H,13-14H2,1-7H3,(H,26,30)/t16-,17-,18-,19+,20+/m1/s1. The summed E-state index contributed by atoms with van der Waals surface area (Å²) in [7, 11) is 1.40. The third kappa shape index (κ3) is 8.70. The molecule has 0 saturated carbocycles. The number of methoxy groups -OCH3 is 1. The Morgan fingerprint density at radius 1 is 1.14 bits per heavy atom. The molecule has 1 aromatic carbocycles. The fourth-order valence-corrected chi connectivity index (χ4v) is 3.36. The van der Waals surface area contributed by atoms with Crippen LogP contribution in [0.5, 0.6) is 0 Å². The lowest BCUT2D eigenvalue weighted by atomic mass is 9.93. The van der Waals surface area contributed by atoms with E-state index < -0.39 is 53.7 Å². The van der Waals surface area contributed by atoms with E-state index in [0.717, 1.165) is 5.56 Å². The SMILES string of the molecule is CO[C@H]1O[C@H](COCc2ccccc2)[C@@H](N=[N+]=[N-])[C@H](OC(=O)C(C)(C)C)[C@H]1NC(=O)OC(C)(C)C. The summed E-state index contributed by atoms with van der Waals surface area (Å²) >= 11 is 0. The highest BCUT2D eigenvalue weighted by Crippen LogP contribution is 2.30. The number of carbonyl (C=O) groups is 2. The molecule has 5 atom stereocenters. The van der Waals surface area contributed by atoms with Crippen LogP contribution in [0.4, 0.5) is 4.79 Å². The average molecular weight is 493 g/mol. The van der Waals surface area contributed by atoms with Crippen molar-refractivity contribution < 1.29 is 33.3 Å². The van der Waals surface area contributed by atoms with Gasteiger partial charge in [0.15, 0.2) is 6.29 Å². The lowest BCUT2D eigenvalue weighted by Gasteiger charge is -2.44. The highest BCUT2D eigenvalue weighted by atomic mass is 16.7. The maximum absolute atomic E-state index is 12.8. The van der Waals surface area contributed by atoms with Crippen molar-refractivity contribution in [1.29, 1.82) is 0 Å². The lowest BCUT2D eigenvalue weighted by Crippen LogP contribution is -2.65. The second-order valence-electron chi connectivity index (χ2n) is 10.3. The van der Waals surface area contributed by atoms with Crippen molar-refractivity contribution in [3.05, 3.63) is 46.3 Å². The third-order valence-electron chi connectivity index (χ3n) is 5.02. The van der Waals surface area contributed by atoms with Crippen LogP contribution in [-0.2, 0) is 35.1 Å². The number of hydrogen-bond acceptors (Lipinski definition) is 8. The smallest absolute Gasteiger partial charge is 0.408 e. The Labute approximate surface area is 206 Å². The van der Waals surface area contributed by atoms with Gasteiger partial charge in [-0.2, -0.15) is 0 Å². The summed E-state index contributed by atoms with van der Waals surface area (Å²) in [5.41, 5.74) is 8.61. The van der Waals surface area contributed by atoms with Crippen molar-refractivity contribution in [2.75, 3.05) is 13.7 Å². The molecule has 0 aromatic heterocycles. The Morgan fingerprint density at radius 2 is 1.80 bits per heavy atom. The Balaban J connectivity index is 2.31. The number of hydrogen-bond donors (Lipinski definition) is 1. The van der Waals surface area contributed by atoms with Gasteiger partial charge in [-0.1, -0.05) is 35.4 Å². The van der Waals surface area contributed by atoms with E-state index in [1.165, 1.54) is 7.11 Å². The monoisotopic (exact) mass is 492 g/mol. The summed E-state index contributed by atoms with van der Waals surface area (Å²) in [6, 6.07) is 7.51. The molecule has 1 heterocycles. The number of benzene rings is 1. The molecule has 1 fully saturated rings. The number of ether oxygens (including phenoxy) is 5. The molecule has 11 heteroatoms. The zero-order chi connectivity index (χ0) is 26.2. The number of nitrogens with one attached hydrogen (secondary N) is 1. The molecule has 1 aliphatic heterocycles. The molecule has 1 amide bonds. The maximum Gasteiger partial charge on any atom is 0.408 e. The van der Waals surface area contributed by atoms with Crippen molar-refractivity contribution >= 4 is 12.1 Å². The molecule has 11 nitrogen and oxygen atoms in total. The van der Waals surface area contributed by atoms with E-state index in [9.17, 15) is 15.1 Å². The van der Waals surface area contributed by atoms with Gasteiger partial charge in [-0.05, 0) is 52.6 Å². The van der Waals surface area contributed by atoms with Crippen LogP contribution in [0.15, 0.2) is 35.4 Å². The number of carbonyl (C=O) groups excluding carboxylic acids is 2. The number of rotatable bonds is 8. The molecule has 0 aliphatic carbocycles. The van der Waals surface area contributed by atoms with Gasteiger partial charge in [0.05, 0.1) is 24.7 Å². The topological polar surface area (TPSA) is 141 Å². The summed E-state index contributed by atoms with van der Waals surface area (Å²) in [6.45, 7) is 10.6. The van der Waals surface area contributed by atoms with Gasteiger partial charge >= 0.3 is 12.1 Å². The minimum absolute atomic E-state index is 0.0289. The van der Waals surface area contributed by atoms with Crippen LogP contribution in [0, 0.1) is 5.41 Å². The van der Waals surface area contributed by atoms with Gasteiger partial charge < -0.3 is 29.0 Å². The zero-order valence-corrected chi connectivity index (χ0v) is 21.4. The van der Waals surface area contributed by atoms with Gasteiger partial charge in [-0.25, -0.2) is 4.79 Å². The molecule has 1 aliphatic rings. The van der Waals surface area contributed by atoms with Crippen LogP contribution in [0.1, 0.15) is 47.1 Å². The quantitative estimate of drug-likeness (QED) is 0.249. The van der Waals surface area contributed by atoms with Crippen LogP contribution < -0.4 is 5.32 Å². The van der Waals surface area contributed by atoms with Gasteiger partial charge in [-0.15, -0.1) is 0 Å².